The lowest BCUT2D eigenvalue weighted by molar-refractivity contribution is 0.199. The standard InChI is InChI=1S/C16H16F2O2/c1-10-5-13(11(2)19)3-4-16(10)20-9-12-6-14(17)8-15(18)7-12/h3-8,11,19H,9H2,1-2H3/t11-/m1/s1. The van der Waals surface area contributed by atoms with Crippen LogP contribution in [0.4, 0.5) is 8.78 Å². The number of hydrogen-bond donors (Lipinski definition) is 1. The molecule has 20 heavy (non-hydrogen) atoms. The number of hydrogen-bond acceptors (Lipinski definition) is 2. The Bertz CT molecular complexity index is 589. The van der Waals surface area contributed by atoms with Crippen molar-refractivity contribution in [2.24, 2.45) is 0 Å². The average Bonchev–Trinajstić information content (AvgIpc) is 2.36. The van der Waals surface area contributed by atoms with E-state index < -0.39 is 17.7 Å². The predicted molar refractivity (Wildman–Crippen MR) is 72.5 cm³/mol. The van der Waals surface area contributed by atoms with Gasteiger partial charge in [-0.1, -0.05) is 6.07 Å². The molecule has 2 nitrogen and oxygen atoms in total. The van der Waals surface area contributed by atoms with Crippen LogP contribution < -0.4 is 4.74 Å². The molecule has 106 valence electrons. The van der Waals surface area contributed by atoms with Gasteiger partial charge in [0.2, 0.25) is 0 Å². The Kier molecular flexibility index (Phi) is 4.35. The molecule has 4 heteroatoms. The summed E-state index contributed by atoms with van der Waals surface area (Å²) in [5.74, 6) is -0.617. The second-order valence-electron chi connectivity index (χ2n) is 4.77. The van der Waals surface area contributed by atoms with Gasteiger partial charge in [0.05, 0.1) is 6.10 Å². The molecule has 1 atom stereocenters. The lowest BCUT2D eigenvalue weighted by atomic mass is 10.1. The van der Waals surface area contributed by atoms with Crippen LogP contribution in [0.2, 0.25) is 0 Å². The fraction of sp³-hybridized carbons (Fsp3) is 0.250. The lowest BCUT2D eigenvalue weighted by Crippen LogP contribution is -2.00. The van der Waals surface area contributed by atoms with Crippen LogP contribution in [0.25, 0.3) is 0 Å². The van der Waals surface area contributed by atoms with Crippen molar-refractivity contribution in [2.45, 2.75) is 26.6 Å². The maximum absolute atomic E-state index is 13.1. The predicted octanol–water partition coefficient (Wildman–Crippen LogP) is 3.91. The van der Waals surface area contributed by atoms with Crippen molar-refractivity contribution in [3.8, 4) is 5.75 Å². The number of aryl methyl sites for hydroxylation is 1. The third kappa shape index (κ3) is 3.54. The van der Waals surface area contributed by atoms with E-state index in [0.717, 1.165) is 17.2 Å². The fourth-order valence-electron chi connectivity index (χ4n) is 1.95. The molecule has 0 saturated carbocycles. The molecule has 0 spiro atoms. The number of aliphatic hydroxyl groups excluding tert-OH is 1. The minimum atomic E-state index is -0.621. The molecule has 0 bridgehead atoms. The number of ether oxygens (including phenoxy) is 1. The minimum Gasteiger partial charge on any atom is -0.489 e. The third-order valence-electron chi connectivity index (χ3n) is 3.00. The van der Waals surface area contributed by atoms with Gasteiger partial charge in [0.15, 0.2) is 0 Å². The first-order valence-electron chi connectivity index (χ1n) is 6.32. The number of halogens is 2. The van der Waals surface area contributed by atoms with E-state index in [1.54, 1.807) is 19.1 Å². The van der Waals surface area contributed by atoms with Crippen molar-refractivity contribution in [1.29, 1.82) is 0 Å². The molecule has 0 aliphatic carbocycles. The van der Waals surface area contributed by atoms with E-state index in [1.807, 2.05) is 13.0 Å². The topological polar surface area (TPSA) is 29.5 Å². The van der Waals surface area contributed by atoms with Crippen molar-refractivity contribution >= 4 is 0 Å². The second kappa shape index (κ2) is 6.01. The zero-order valence-electron chi connectivity index (χ0n) is 11.4. The Balaban J connectivity index is 2.11. The molecule has 0 unspecified atom stereocenters. The summed E-state index contributed by atoms with van der Waals surface area (Å²) in [6.07, 6.45) is -0.542. The highest BCUT2D eigenvalue weighted by atomic mass is 19.1. The molecule has 0 aliphatic heterocycles. The summed E-state index contributed by atoms with van der Waals surface area (Å²) < 4.78 is 31.7. The van der Waals surface area contributed by atoms with Crippen molar-refractivity contribution in [2.75, 3.05) is 0 Å². The molecule has 0 heterocycles. The van der Waals surface area contributed by atoms with Gasteiger partial charge in [-0.15, -0.1) is 0 Å². The minimum absolute atomic E-state index is 0.0869. The van der Waals surface area contributed by atoms with Crippen molar-refractivity contribution in [1.82, 2.24) is 0 Å². The second-order valence-corrected chi connectivity index (χ2v) is 4.77. The molecular formula is C16H16F2O2. The Morgan fingerprint density at radius 2 is 1.75 bits per heavy atom. The van der Waals surface area contributed by atoms with Crippen molar-refractivity contribution < 1.29 is 18.6 Å². The monoisotopic (exact) mass is 278 g/mol. The van der Waals surface area contributed by atoms with Crippen LogP contribution in [0.5, 0.6) is 5.75 Å². The van der Waals surface area contributed by atoms with Crippen molar-refractivity contribution in [3.05, 3.63) is 64.7 Å². The van der Waals surface area contributed by atoms with Gasteiger partial charge in [0.25, 0.3) is 0 Å². The van der Waals surface area contributed by atoms with E-state index in [0.29, 0.717) is 11.3 Å². The highest BCUT2D eigenvalue weighted by Gasteiger charge is 2.06. The van der Waals surface area contributed by atoms with E-state index in [4.69, 9.17) is 4.74 Å². The van der Waals surface area contributed by atoms with Crippen LogP contribution in [-0.2, 0) is 6.61 Å². The van der Waals surface area contributed by atoms with Gasteiger partial charge in [-0.3, -0.25) is 0 Å². The van der Waals surface area contributed by atoms with E-state index >= 15 is 0 Å². The lowest BCUT2D eigenvalue weighted by Gasteiger charge is -2.12. The first-order chi connectivity index (χ1) is 9.45. The molecule has 0 amide bonds. The van der Waals surface area contributed by atoms with Crippen LogP contribution in [0, 0.1) is 18.6 Å². The summed E-state index contributed by atoms with van der Waals surface area (Å²) >= 11 is 0. The zero-order chi connectivity index (χ0) is 14.7. The maximum Gasteiger partial charge on any atom is 0.126 e. The Morgan fingerprint density at radius 3 is 2.30 bits per heavy atom. The average molecular weight is 278 g/mol. The fourth-order valence-corrected chi connectivity index (χ4v) is 1.95. The largest absolute Gasteiger partial charge is 0.489 e. The molecule has 1 N–H and O–H groups in total. The van der Waals surface area contributed by atoms with E-state index in [-0.39, 0.29) is 6.61 Å². The molecule has 0 aliphatic rings. The Hall–Kier alpha value is -1.94. The normalized spacial score (nSPS) is 12.2. The van der Waals surface area contributed by atoms with Crippen LogP contribution in [0.1, 0.15) is 29.7 Å². The summed E-state index contributed by atoms with van der Waals surface area (Å²) in [5, 5.41) is 9.48. The Labute approximate surface area is 116 Å². The van der Waals surface area contributed by atoms with Gasteiger partial charge in [-0.2, -0.15) is 0 Å². The SMILES string of the molecule is Cc1cc([C@@H](C)O)ccc1OCc1cc(F)cc(F)c1. The maximum atomic E-state index is 13.1. The molecule has 0 aromatic heterocycles. The smallest absolute Gasteiger partial charge is 0.126 e. The van der Waals surface area contributed by atoms with E-state index in [9.17, 15) is 13.9 Å². The van der Waals surface area contributed by atoms with Crippen LogP contribution in [0.15, 0.2) is 36.4 Å². The van der Waals surface area contributed by atoms with Crippen molar-refractivity contribution in [3.63, 3.8) is 0 Å². The summed E-state index contributed by atoms with van der Waals surface area (Å²) in [5.41, 5.74) is 2.09. The van der Waals surface area contributed by atoms with Crippen LogP contribution in [0.3, 0.4) is 0 Å². The molecule has 0 radical (unpaired) electrons. The van der Waals surface area contributed by atoms with Crippen LogP contribution >= 0.6 is 0 Å². The first kappa shape index (κ1) is 14.5. The van der Waals surface area contributed by atoms with Gasteiger partial charge in [-0.05, 0) is 54.8 Å². The summed E-state index contributed by atoms with van der Waals surface area (Å²) in [6, 6.07) is 8.63. The number of benzene rings is 2. The Morgan fingerprint density at radius 1 is 1.10 bits per heavy atom. The molecule has 2 aromatic carbocycles. The highest BCUT2D eigenvalue weighted by molar-refractivity contribution is 5.37. The molecule has 2 aromatic rings. The van der Waals surface area contributed by atoms with E-state index in [2.05, 4.69) is 0 Å². The first-order valence-corrected chi connectivity index (χ1v) is 6.32. The molecular weight excluding hydrogens is 262 g/mol. The molecule has 2 rings (SSSR count). The highest BCUT2D eigenvalue weighted by Crippen LogP contribution is 2.23. The van der Waals surface area contributed by atoms with Gasteiger partial charge >= 0.3 is 0 Å². The quantitative estimate of drug-likeness (QED) is 0.919. The van der Waals surface area contributed by atoms with Gasteiger partial charge in [-0.25, -0.2) is 8.78 Å². The van der Waals surface area contributed by atoms with Crippen LogP contribution in [-0.4, -0.2) is 5.11 Å². The molecule has 0 fully saturated rings. The van der Waals surface area contributed by atoms with Gasteiger partial charge in [0, 0.05) is 6.07 Å². The number of rotatable bonds is 4. The van der Waals surface area contributed by atoms with Gasteiger partial charge in [0.1, 0.15) is 24.0 Å². The molecule has 0 saturated heterocycles. The van der Waals surface area contributed by atoms with E-state index in [1.165, 1.54) is 12.1 Å². The summed E-state index contributed by atoms with van der Waals surface area (Å²) in [6.45, 7) is 3.63. The summed E-state index contributed by atoms with van der Waals surface area (Å²) in [7, 11) is 0. The third-order valence-corrected chi connectivity index (χ3v) is 3.00. The number of aliphatic hydroxyl groups is 1. The van der Waals surface area contributed by atoms with Gasteiger partial charge < -0.3 is 9.84 Å². The zero-order valence-corrected chi connectivity index (χ0v) is 11.4. The summed E-state index contributed by atoms with van der Waals surface area (Å²) in [4.78, 5) is 0.